The maximum atomic E-state index is 13.8. The molecule has 0 aliphatic carbocycles. The van der Waals surface area contributed by atoms with Crippen LogP contribution in [0.2, 0.25) is 0 Å². The van der Waals surface area contributed by atoms with Gasteiger partial charge in [-0.1, -0.05) is 32.0 Å². The standard InChI is InChI=1S/C25H22F4N2O3/c1-25(2)13-31(23(32)14-7-8-18(28)19(29)9-14)12-17(24(33)34-15(10-26)11-27)22-21(25)16-5-3-4-6-20(16)30-22/h3-9,12,15,30H,10-11,13H2,1-2H3. The van der Waals surface area contributed by atoms with E-state index in [1.165, 1.54) is 11.1 Å². The predicted octanol–water partition coefficient (Wildman–Crippen LogP) is 5.07. The van der Waals surface area contributed by atoms with Crippen molar-refractivity contribution in [1.29, 1.82) is 0 Å². The van der Waals surface area contributed by atoms with Crippen LogP contribution in [0.3, 0.4) is 0 Å². The third-order valence-corrected chi connectivity index (χ3v) is 5.77. The largest absolute Gasteiger partial charge is 0.453 e. The maximum absolute atomic E-state index is 13.8. The van der Waals surface area contributed by atoms with Gasteiger partial charge in [-0.05, 0) is 29.8 Å². The van der Waals surface area contributed by atoms with Crippen LogP contribution in [0.25, 0.3) is 16.5 Å². The topological polar surface area (TPSA) is 62.4 Å². The Morgan fingerprint density at radius 3 is 2.47 bits per heavy atom. The fourth-order valence-electron chi connectivity index (χ4n) is 4.22. The summed E-state index contributed by atoms with van der Waals surface area (Å²) in [5.41, 5.74) is 0.838. The SMILES string of the molecule is CC1(C)CN(C(=O)c2ccc(F)c(F)c2)C=C(C(=O)OC(CF)CF)c2[nH]c3ccccc3c21. The number of nitrogens with one attached hydrogen (secondary N) is 1. The molecule has 1 aromatic heterocycles. The Kier molecular flexibility index (Phi) is 6.20. The first kappa shape index (κ1) is 23.5. The zero-order valence-corrected chi connectivity index (χ0v) is 18.5. The minimum atomic E-state index is -1.59. The molecule has 34 heavy (non-hydrogen) atoms. The highest BCUT2D eigenvalue weighted by Gasteiger charge is 2.38. The van der Waals surface area contributed by atoms with Gasteiger partial charge < -0.3 is 14.6 Å². The van der Waals surface area contributed by atoms with Crippen molar-refractivity contribution in [2.24, 2.45) is 0 Å². The quantitative estimate of drug-likeness (QED) is 0.415. The van der Waals surface area contributed by atoms with E-state index in [0.29, 0.717) is 11.3 Å². The predicted molar refractivity (Wildman–Crippen MR) is 119 cm³/mol. The molecule has 5 nitrogen and oxygen atoms in total. The number of fused-ring (bicyclic) bond motifs is 3. The Bertz CT molecular complexity index is 1290. The van der Waals surface area contributed by atoms with Gasteiger partial charge in [0.05, 0.1) is 11.3 Å². The number of hydrogen-bond donors (Lipinski definition) is 1. The van der Waals surface area contributed by atoms with Crippen LogP contribution in [-0.4, -0.2) is 47.8 Å². The van der Waals surface area contributed by atoms with Gasteiger partial charge in [-0.25, -0.2) is 22.4 Å². The number of carbonyl (C=O) groups is 2. The monoisotopic (exact) mass is 474 g/mol. The lowest BCUT2D eigenvalue weighted by molar-refractivity contribution is -0.143. The van der Waals surface area contributed by atoms with E-state index in [-0.39, 0.29) is 17.7 Å². The van der Waals surface area contributed by atoms with Crippen LogP contribution in [0.5, 0.6) is 0 Å². The summed E-state index contributed by atoms with van der Waals surface area (Å²) >= 11 is 0. The maximum Gasteiger partial charge on any atom is 0.342 e. The Balaban J connectivity index is 1.87. The van der Waals surface area contributed by atoms with Gasteiger partial charge in [-0.15, -0.1) is 0 Å². The molecule has 1 aliphatic rings. The second-order valence-corrected chi connectivity index (χ2v) is 8.75. The van der Waals surface area contributed by atoms with Crippen LogP contribution >= 0.6 is 0 Å². The summed E-state index contributed by atoms with van der Waals surface area (Å²) in [5.74, 6) is -3.99. The molecule has 0 fully saturated rings. The first-order valence-corrected chi connectivity index (χ1v) is 10.6. The number of H-pyrrole nitrogens is 1. The van der Waals surface area contributed by atoms with Crippen molar-refractivity contribution in [2.75, 3.05) is 19.9 Å². The molecular weight excluding hydrogens is 452 g/mol. The van der Waals surface area contributed by atoms with Crippen LogP contribution < -0.4 is 0 Å². The van der Waals surface area contributed by atoms with Crippen molar-refractivity contribution in [3.63, 3.8) is 0 Å². The number of aromatic nitrogens is 1. The minimum Gasteiger partial charge on any atom is -0.453 e. The normalized spacial score (nSPS) is 15.1. The molecule has 4 rings (SSSR count). The van der Waals surface area contributed by atoms with Crippen LogP contribution in [0.1, 0.15) is 35.5 Å². The smallest absolute Gasteiger partial charge is 0.342 e. The number of carbonyl (C=O) groups excluding carboxylic acids is 2. The first-order chi connectivity index (χ1) is 16.2. The van der Waals surface area contributed by atoms with E-state index in [1.54, 1.807) is 0 Å². The lowest BCUT2D eigenvalue weighted by Gasteiger charge is -2.29. The van der Waals surface area contributed by atoms with Crippen molar-refractivity contribution < 1.29 is 31.9 Å². The first-order valence-electron chi connectivity index (χ1n) is 10.6. The molecule has 0 bridgehead atoms. The van der Waals surface area contributed by atoms with Gasteiger partial charge in [0.25, 0.3) is 5.91 Å². The number of halogens is 4. The summed E-state index contributed by atoms with van der Waals surface area (Å²) in [7, 11) is 0. The third kappa shape index (κ3) is 4.18. The van der Waals surface area contributed by atoms with Crippen LogP contribution in [0.15, 0.2) is 48.7 Å². The van der Waals surface area contributed by atoms with E-state index in [4.69, 9.17) is 4.74 Å². The molecular formula is C25H22F4N2O3. The van der Waals surface area contributed by atoms with E-state index >= 15 is 0 Å². The molecule has 178 valence electrons. The molecule has 0 unspecified atom stereocenters. The molecule has 3 aromatic rings. The van der Waals surface area contributed by atoms with E-state index in [0.717, 1.165) is 29.1 Å². The molecule has 2 heterocycles. The molecule has 2 aromatic carbocycles. The number of esters is 1. The highest BCUT2D eigenvalue weighted by Crippen LogP contribution is 2.40. The fourth-order valence-corrected chi connectivity index (χ4v) is 4.22. The number of rotatable bonds is 5. The molecule has 1 amide bonds. The average Bonchev–Trinajstić information content (AvgIpc) is 3.16. The van der Waals surface area contributed by atoms with Gasteiger partial charge in [-0.3, -0.25) is 4.79 Å². The molecule has 0 radical (unpaired) electrons. The van der Waals surface area contributed by atoms with Gasteiger partial charge in [0.1, 0.15) is 13.3 Å². The Morgan fingerprint density at radius 2 is 1.79 bits per heavy atom. The summed E-state index contributed by atoms with van der Waals surface area (Å²) in [4.78, 5) is 30.7. The van der Waals surface area contributed by atoms with Crippen LogP contribution in [0, 0.1) is 11.6 Å². The van der Waals surface area contributed by atoms with Crippen molar-refractivity contribution >= 4 is 28.4 Å². The average molecular weight is 474 g/mol. The lowest BCUT2D eigenvalue weighted by Crippen LogP contribution is -2.37. The summed E-state index contributed by atoms with van der Waals surface area (Å²) in [6.45, 7) is 1.39. The number of alkyl halides is 2. The highest BCUT2D eigenvalue weighted by molar-refractivity contribution is 6.18. The lowest BCUT2D eigenvalue weighted by atomic mass is 9.81. The fraction of sp³-hybridized carbons (Fsp3) is 0.280. The van der Waals surface area contributed by atoms with Gasteiger partial charge >= 0.3 is 5.97 Å². The van der Waals surface area contributed by atoms with Crippen molar-refractivity contribution in [1.82, 2.24) is 9.88 Å². The number of para-hydroxylation sites is 1. The number of aromatic amines is 1. The van der Waals surface area contributed by atoms with E-state index in [2.05, 4.69) is 4.98 Å². The Labute approximate surface area is 193 Å². The summed E-state index contributed by atoms with van der Waals surface area (Å²) in [5, 5.41) is 0.802. The third-order valence-electron chi connectivity index (χ3n) is 5.77. The molecule has 0 saturated heterocycles. The molecule has 0 saturated carbocycles. The van der Waals surface area contributed by atoms with Gasteiger partial charge in [0.2, 0.25) is 0 Å². The van der Waals surface area contributed by atoms with Crippen molar-refractivity contribution in [3.8, 4) is 0 Å². The zero-order chi connectivity index (χ0) is 24.6. The Hall–Kier alpha value is -3.62. The Morgan fingerprint density at radius 1 is 1.09 bits per heavy atom. The summed E-state index contributed by atoms with van der Waals surface area (Å²) in [6, 6.07) is 10.1. The number of amides is 1. The molecule has 0 atom stereocenters. The zero-order valence-electron chi connectivity index (χ0n) is 18.5. The van der Waals surface area contributed by atoms with Gasteiger partial charge in [0.15, 0.2) is 17.7 Å². The van der Waals surface area contributed by atoms with Crippen molar-refractivity contribution in [3.05, 3.63) is 77.1 Å². The highest BCUT2D eigenvalue weighted by atomic mass is 19.2. The minimum absolute atomic E-state index is 0.0755. The number of hydrogen-bond acceptors (Lipinski definition) is 3. The van der Waals surface area contributed by atoms with Gasteiger partial charge in [-0.2, -0.15) is 0 Å². The second kappa shape index (κ2) is 8.96. The molecule has 9 heteroatoms. The number of ether oxygens (including phenoxy) is 1. The van der Waals surface area contributed by atoms with Crippen LogP contribution in [-0.2, 0) is 14.9 Å². The van der Waals surface area contributed by atoms with E-state index in [1.807, 2.05) is 38.1 Å². The van der Waals surface area contributed by atoms with Crippen molar-refractivity contribution in [2.45, 2.75) is 25.4 Å². The second-order valence-electron chi connectivity index (χ2n) is 8.75. The van der Waals surface area contributed by atoms with E-state index < -0.39 is 48.4 Å². The van der Waals surface area contributed by atoms with Gasteiger partial charge in [0, 0.05) is 34.6 Å². The summed E-state index contributed by atoms with van der Waals surface area (Å²) < 4.78 is 58.3. The summed E-state index contributed by atoms with van der Waals surface area (Å²) in [6.07, 6.45) is -0.365. The molecule has 0 spiro atoms. The molecule has 1 aliphatic heterocycles. The van der Waals surface area contributed by atoms with E-state index in [9.17, 15) is 27.2 Å². The number of nitrogens with zero attached hydrogens (tertiary/aromatic N) is 1. The molecule has 1 N–H and O–H groups in total. The van der Waals surface area contributed by atoms with Crippen LogP contribution in [0.4, 0.5) is 17.6 Å². The number of benzene rings is 2.